The number of aromatic nitrogens is 2. The molecule has 1 fully saturated rings. The van der Waals surface area contributed by atoms with Crippen LogP contribution in [0.3, 0.4) is 0 Å². The van der Waals surface area contributed by atoms with E-state index in [-0.39, 0.29) is 17.9 Å². The fourth-order valence-corrected chi connectivity index (χ4v) is 4.82. The zero-order chi connectivity index (χ0) is 21.1. The van der Waals surface area contributed by atoms with E-state index >= 15 is 0 Å². The number of thiophene rings is 1. The summed E-state index contributed by atoms with van der Waals surface area (Å²) in [4.78, 5) is 27.1. The summed E-state index contributed by atoms with van der Waals surface area (Å²) in [6.45, 7) is 4.01. The molecule has 2 unspecified atom stereocenters. The largest absolute Gasteiger partial charge is 0.322 e. The van der Waals surface area contributed by atoms with Crippen molar-refractivity contribution < 1.29 is 9.59 Å². The van der Waals surface area contributed by atoms with Crippen LogP contribution in [0.2, 0.25) is 0 Å². The first-order valence-corrected chi connectivity index (χ1v) is 11.6. The zero-order valence-electron chi connectivity index (χ0n) is 16.7. The third-order valence-electron chi connectivity index (χ3n) is 4.66. The van der Waals surface area contributed by atoms with E-state index in [1.165, 1.54) is 0 Å². The van der Waals surface area contributed by atoms with Crippen molar-refractivity contribution in [2.24, 2.45) is 0 Å². The third-order valence-corrected chi connectivity index (χ3v) is 6.51. The van der Waals surface area contributed by atoms with Gasteiger partial charge in [0, 0.05) is 23.4 Å². The molecule has 0 aliphatic carbocycles. The number of rotatable bonds is 6. The number of carbonyl (C=O) groups is 2. The summed E-state index contributed by atoms with van der Waals surface area (Å²) in [6.07, 6.45) is -0.135. The van der Waals surface area contributed by atoms with Crippen molar-refractivity contribution in [3.63, 3.8) is 0 Å². The second-order valence-corrected chi connectivity index (χ2v) is 9.22. The minimum atomic E-state index is -0.537. The van der Waals surface area contributed by atoms with Crippen molar-refractivity contribution in [1.82, 2.24) is 20.4 Å². The van der Waals surface area contributed by atoms with E-state index in [1.807, 2.05) is 54.8 Å². The van der Waals surface area contributed by atoms with Gasteiger partial charge < -0.3 is 10.6 Å². The normalized spacial score (nSPS) is 18.8. The van der Waals surface area contributed by atoms with Gasteiger partial charge in [0.2, 0.25) is 5.91 Å². The summed E-state index contributed by atoms with van der Waals surface area (Å²) in [7, 11) is 0. The summed E-state index contributed by atoms with van der Waals surface area (Å²) in [5.74, 6) is 1.13. The molecule has 1 aliphatic heterocycles. The minimum Gasteiger partial charge on any atom is -0.322 e. The SMILES string of the molecule is CCSc1ccccc1C(=O)Nc1cc(-c2cccs2)nn1C1NC(=O)CC(C)N1. The van der Waals surface area contributed by atoms with E-state index in [9.17, 15) is 9.59 Å². The Morgan fingerprint density at radius 3 is 2.90 bits per heavy atom. The van der Waals surface area contributed by atoms with Crippen LogP contribution < -0.4 is 16.0 Å². The molecule has 0 radical (unpaired) electrons. The van der Waals surface area contributed by atoms with Gasteiger partial charge in [-0.25, -0.2) is 4.68 Å². The van der Waals surface area contributed by atoms with Gasteiger partial charge in [0.1, 0.15) is 11.5 Å². The van der Waals surface area contributed by atoms with Crippen molar-refractivity contribution in [2.75, 3.05) is 11.1 Å². The van der Waals surface area contributed by atoms with E-state index in [0.717, 1.165) is 21.2 Å². The molecule has 1 aliphatic rings. The lowest BCUT2D eigenvalue weighted by molar-refractivity contribution is -0.125. The topological polar surface area (TPSA) is 88.1 Å². The molecule has 7 nitrogen and oxygen atoms in total. The van der Waals surface area contributed by atoms with Gasteiger partial charge in [-0.05, 0) is 36.3 Å². The molecule has 0 saturated carbocycles. The first-order valence-electron chi connectivity index (χ1n) is 9.77. The van der Waals surface area contributed by atoms with Gasteiger partial charge in [0.25, 0.3) is 5.91 Å². The predicted octanol–water partition coefficient (Wildman–Crippen LogP) is 3.93. The number of nitrogens with zero attached hydrogens (tertiary/aromatic N) is 2. The first kappa shape index (κ1) is 20.6. The molecule has 0 spiro atoms. The average Bonchev–Trinajstić information content (AvgIpc) is 3.38. The van der Waals surface area contributed by atoms with Crippen LogP contribution in [0.4, 0.5) is 5.82 Å². The standard InChI is InChI=1S/C21H23N5O2S2/c1-3-29-16-8-5-4-7-14(16)20(28)23-18-12-15(17-9-6-10-30-17)25-26(18)21-22-13(2)11-19(27)24-21/h4-10,12-13,21-22H,3,11H2,1-2H3,(H,23,28)(H,24,27). The summed E-state index contributed by atoms with van der Waals surface area (Å²) >= 11 is 3.20. The minimum absolute atomic E-state index is 0.00312. The molecule has 3 heterocycles. The molecule has 2 atom stereocenters. The van der Waals surface area contributed by atoms with E-state index < -0.39 is 6.29 Å². The van der Waals surface area contributed by atoms with Crippen LogP contribution in [0.5, 0.6) is 0 Å². The smallest absolute Gasteiger partial charge is 0.257 e. The molecular formula is C21H23N5O2S2. The molecule has 156 valence electrons. The van der Waals surface area contributed by atoms with Gasteiger partial charge in [-0.1, -0.05) is 25.1 Å². The number of hydrogen-bond donors (Lipinski definition) is 3. The van der Waals surface area contributed by atoms with Crippen LogP contribution >= 0.6 is 23.1 Å². The van der Waals surface area contributed by atoms with Gasteiger partial charge in [-0.2, -0.15) is 5.10 Å². The van der Waals surface area contributed by atoms with Crippen molar-refractivity contribution in [1.29, 1.82) is 0 Å². The van der Waals surface area contributed by atoms with Crippen molar-refractivity contribution >= 4 is 40.7 Å². The van der Waals surface area contributed by atoms with Gasteiger partial charge in [-0.3, -0.25) is 14.9 Å². The van der Waals surface area contributed by atoms with Crippen LogP contribution in [-0.4, -0.2) is 33.4 Å². The Hall–Kier alpha value is -2.62. The highest BCUT2D eigenvalue weighted by Crippen LogP contribution is 2.29. The van der Waals surface area contributed by atoms with Gasteiger partial charge >= 0.3 is 0 Å². The highest BCUT2D eigenvalue weighted by atomic mass is 32.2. The quantitative estimate of drug-likeness (QED) is 0.505. The van der Waals surface area contributed by atoms with E-state index in [2.05, 4.69) is 28.0 Å². The Kier molecular flexibility index (Phi) is 6.21. The highest BCUT2D eigenvalue weighted by Gasteiger charge is 2.27. The Bertz CT molecular complexity index is 1050. The molecule has 9 heteroatoms. The Morgan fingerprint density at radius 2 is 2.17 bits per heavy atom. The van der Waals surface area contributed by atoms with E-state index in [1.54, 1.807) is 27.8 Å². The Labute approximate surface area is 183 Å². The molecule has 2 aromatic heterocycles. The van der Waals surface area contributed by atoms with Gasteiger partial charge in [0.15, 0.2) is 6.29 Å². The predicted molar refractivity (Wildman–Crippen MR) is 121 cm³/mol. The molecule has 1 aromatic carbocycles. The van der Waals surface area contributed by atoms with Gasteiger partial charge in [0.05, 0.1) is 10.4 Å². The molecule has 3 aromatic rings. The van der Waals surface area contributed by atoms with E-state index in [0.29, 0.717) is 17.8 Å². The number of amides is 2. The molecule has 4 rings (SSSR count). The molecule has 2 amide bonds. The van der Waals surface area contributed by atoms with Crippen LogP contribution in [0, 0.1) is 0 Å². The van der Waals surface area contributed by atoms with Crippen LogP contribution in [0.1, 0.15) is 36.9 Å². The van der Waals surface area contributed by atoms with Crippen LogP contribution in [0.25, 0.3) is 10.6 Å². The lowest BCUT2D eigenvalue weighted by Crippen LogP contribution is -2.52. The Morgan fingerprint density at radius 1 is 1.33 bits per heavy atom. The number of carbonyl (C=O) groups excluding carboxylic acids is 2. The van der Waals surface area contributed by atoms with Gasteiger partial charge in [-0.15, -0.1) is 23.1 Å². The van der Waals surface area contributed by atoms with Crippen LogP contribution in [0.15, 0.2) is 52.7 Å². The van der Waals surface area contributed by atoms with Crippen molar-refractivity contribution in [3.8, 4) is 10.6 Å². The lowest BCUT2D eigenvalue weighted by atomic mass is 10.2. The summed E-state index contributed by atoms with van der Waals surface area (Å²) in [5, 5.41) is 15.9. The maximum Gasteiger partial charge on any atom is 0.257 e. The number of hydrogen-bond acceptors (Lipinski definition) is 6. The number of thioether (sulfide) groups is 1. The second kappa shape index (κ2) is 9.03. The molecule has 0 bridgehead atoms. The summed E-state index contributed by atoms with van der Waals surface area (Å²) < 4.78 is 1.64. The molecule has 30 heavy (non-hydrogen) atoms. The monoisotopic (exact) mass is 441 g/mol. The molecule has 1 saturated heterocycles. The second-order valence-electron chi connectivity index (χ2n) is 6.96. The Balaban J connectivity index is 1.68. The zero-order valence-corrected chi connectivity index (χ0v) is 18.3. The maximum atomic E-state index is 13.1. The van der Waals surface area contributed by atoms with Crippen molar-refractivity contribution in [2.45, 2.75) is 37.5 Å². The fourth-order valence-electron chi connectivity index (χ4n) is 3.34. The summed E-state index contributed by atoms with van der Waals surface area (Å²) in [5.41, 5.74) is 1.36. The number of benzene rings is 1. The highest BCUT2D eigenvalue weighted by molar-refractivity contribution is 7.99. The first-order chi connectivity index (χ1) is 14.5. The van der Waals surface area contributed by atoms with Crippen molar-refractivity contribution in [3.05, 3.63) is 53.4 Å². The fraction of sp³-hybridized carbons (Fsp3) is 0.286. The average molecular weight is 442 g/mol. The number of nitrogens with one attached hydrogen (secondary N) is 3. The maximum absolute atomic E-state index is 13.1. The third kappa shape index (κ3) is 4.43. The molecule has 3 N–H and O–H groups in total. The van der Waals surface area contributed by atoms with E-state index in [4.69, 9.17) is 0 Å². The lowest BCUT2D eigenvalue weighted by Gasteiger charge is -2.30. The summed E-state index contributed by atoms with van der Waals surface area (Å²) in [6, 6.07) is 13.3. The van der Waals surface area contributed by atoms with Crippen LogP contribution in [-0.2, 0) is 4.79 Å². The number of anilines is 1. The molecular weight excluding hydrogens is 418 g/mol.